The van der Waals surface area contributed by atoms with Crippen molar-refractivity contribution in [1.82, 2.24) is 25.4 Å². The monoisotopic (exact) mass is 373 g/mol. The molecule has 2 N–H and O–H groups in total. The molecule has 1 aromatic carbocycles. The van der Waals surface area contributed by atoms with E-state index in [0.29, 0.717) is 17.3 Å². The molecular weight excluding hydrogens is 350 g/mol. The summed E-state index contributed by atoms with van der Waals surface area (Å²) in [4.78, 5) is 30.4. The van der Waals surface area contributed by atoms with Crippen molar-refractivity contribution in [2.75, 3.05) is 18.8 Å². The van der Waals surface area contributed by atoms with Gasteiger partial charge in [-0.1, -0.05) is 30.8 Å². The average Bonchev–Trinajstić information content (AvgIpc) is 3.36. The number of nitrogens with one attached hydrogen (secondary N) is 2. The van der Waals surface area contributed by atoms with Crippen molar-refractivity contribution >= 4 is 23.6 Å². The molecule has 0 aliphatic carbocycles. The lowest BCUT2D eigenvalue weighted by Gasteiger charge is -2.15. The second-order valence-corrected chi connectivity index (χ2v) is 7.12. The minimum absolute atomic E-state index is 0.0740. The number of aryl methyl sites for hydroxylation is 1. The van der Waals surface area contributed by atoms with Crippen LogP contribution in [-0.4, -0.2) is 50.7 Å². The Kier molecular flexibility index (Phi) is 6.27. The maximum atomic E-state index is 12.3. The lowest BCUT2D eigenvalue weighted by atomic mass is 10.1. The molecule has 0 atom stereocenters. The molecular formula is C18H23N5O2S. The van der Waals surface area contributed by atoms with Gasteiger partial charge in [-0.2, -0.15) is 0 Å². The molecule has 0 saturated carbocycles. The standard InChI is InChI=1S/C18H23N5O2S/c1-2-15-20-18(22-21-15)26-12-16(24)19-11-13-5-7-14(8-6-13)17(25)23-9-3-4-10-23/h5-8H,2-4,9-12H2,1H3,(H,19,24)(H,20,21,22). The number of H-pyrrole nitrogens is 1. The molecule has 0 radical (unpaired) electrons. The number of carbonyl (C=O) groups excluding carboxylic acids is 2. The van der Waals surface area contributed by atoms with E-state index >= 15 is 0 Å². The Hall–Kier alpha value is -2.35. The highest BCUT2D eigenvalue weighted by atomic mass is 32.2. The number of nitrogens with zero attached hydrogens (tertiary/aromatic N) is 3. The SMILES string of the molecule is CCc1nc(SCC(=O)NCc2ccc(C(=O)N3CCCC3)cc2)n[nH]1. The number of hydrogen-bond donors (Lipinski definition) is 2. The van der Waals surface area contributed by atoms with Gasteiger partial charge in [-0.15, -0.1) is 5.10 Å². The van der Waals surface area contributed by atoms with Gasteiger partial charge in [-0.25, -0.2) is 4.98 Å². The number of rotatable bonds is 7. The van der Waals surface area contributed by atoms with Gasteiger partial charge in [-0.05, 0) is 30.5 Å². The summed E-state index contributed by atoms with van der Waals surface area (Å²) in [5.41, 5.74) is 1.67. The lowest BCUT2D eigenvalue weighted by molar-refractivity contribution is -0.118. The van der Waals surface area contributed by atoms with Crippen LogP contribution in [0.3, 0.4) is 0 Å². The summed E-state index contributed by atoms with van der Waals surface area (Å²) in [6.45, 7) is 4.12. The van der Waals surface area contributed by atoms with Gasteiger partial charge in [0.05, 0.1) is 5.75 Å². The van der Waals surface area contributed by atoms with Gasteiger partial charge in [-0.3, -0.25) is 14.7 Å². The molecule has 138 valence electrons. The minimum Gasteiger partial charge on any atom is -0.351 e. The number of aromatic nitrogens is 3. The third-order valence-corrected chi connectivity index (χ3v) is 5.11. The Balaban J connectivity index is 1.43. The molecule has 1 aromatic heterocycles. The first-order valence-electron chi connectivity index (χ1n) is 8.84. The fourth-order valence-electron chi connectivity index (χ4n) is 2.75. The Morgan fingerprint density at radius 1 is 1.23 bits per heavy atom. The molecule has 1 saturated heterocycles. The first-order valence-corrected chi connectivity index (χ1v) is 9.83. The highest BCUT2D eigenvalue weighted by Gasteiger charge is 2.19. The summed E-state index contributed by atoms with van der Waals surface area (Å²) in [5.74, 6) is 1.10. The molecule has 2 heterocycles. The highest BCUT2D eigenvalue weighted by molar-refractivity contribution is 7.99. The second kappa shape index (κ2) is 8.84. The van der Waals surface area contributed by atoms with Crippen molar-refractivity contribution in [2.45, 2.75) is 37.9 Å². The zero-order valence-corrected chi connectivity index (χ0v) is 15.6. The zero-order chi connectivity index (χ0) is 18.4. The van der Waals surface area contributed by atoms with E-state index in [2.05, 4.69) is 20.5 Å². The molecule has 7 nitrogen and oxygen atoms in total. The van der Waals surface area contributed by atoms with Crippen LogP contribution in [0.2, 0.25) is 0 Å². The molecule has 26 heavy (non-hydrogen) atoms. The maximum Gasteiger partial charge on any atom is 0.253 e. The van der Waals surface area contributed by atoms with Crippen LogP contribution >= 0.6 is 11.8 Å². The van der Waals surface area contributed by atoms with Crippen LogP contribution in [0.25, 0.3) is 0 Å². The van der Waals surface area contributed by atoms with E-state index in [-0.39, 0.29) is 17.6 Å². The van der Waals surface area contributed by atoms with Gasteiger partial charge >= 0.3 is 0 Å². The van der Waals surface area contributed by atoms with Crippen molar-refractivity contribution in [3.8, 4) is 0 Å². The topological polar surface area (TPSA) is 91.0 Å². The number of hydrogen-bond acceptors (Lipinski definition) is 5. The van der Waals surface area contributed by atoms with Crippen LogP contribution in [0.4, 0.5) is 0 Å². The van der Waals surface area contributed by atoms with Crippen LogP contribution < -0.4 is 5.32 Å². The first kappa shape index (κ1) is 18.4. The van der Waals surface area contributed by atoms with Gasteiger partial charge in [0, 0.05) is 31.6 Å². The molecule has 8 heteroatoms. The van der Waals surface area contributed by atoms with Crippen LogP contribution in [0.1, 0.15) is 41.5 Å². The fourth-order valence-corrected chi connectivity index (χ4v) is 3.40. The molecule has 1 aliphatic heterocycles. The highest BCUT2D eigenvalue weighted by Crippen LogP contribution is 2.14. The Labute approximate surface area is 157 Å². The predicted octanol–water partition coefficient (Wildman–Crippen LogP) is 2.01. The van der Waals surface area contributed by atoms with Gasteiger partial charge < -0.3 is 10.2 Å². The molecule has 2 amide bonds. The normalized spacial score (nSPS) is 13.8. The van der Waals surface area contributed by atoms with Crippen LogP contribution in [0.5, 0.6) is 0 Å². The van der Waals surface area contributed by atoms with E-state index in [9.17, 15) is 9.59 Å². The maximum absolute atomic E-state index is 12.3. The van der Waals surface area contributed by atoms with Crippen LogP contribution in [0, 0.1) is 0 Å². The summed E-state index contributed by atoms with van der Waals surface area (Å²) < 4.78 is 0. The van der Waals surface area contributed by atoms with Crippen LogP contribution in [-0.2, 0) is 17.8 Å². The Bertz CT molecular complexity index is 753. The molecule has 0 unspecified atom stereocenters. The van der Waals surface area contributed by atoms with Crippen molar-refractivity contribution in [2.24, 2.45) is 0 Å². The largest absolute Gasteiger partial charge is 0.351 e. The predicted molar refractivity (Wildman–Crippen MR) is 99.9 cm³/mol. The zero-order valence-electron chi connectivity index (χ0n) is 14.8. The number of benzene rings is 1. The second-order valence-electron chi connectivity index (χ2n) is 6.18. The first-order chi connectivity index (χ1) is 12.7. The van der Waals surface area contributed by atoms with Crippen molar-refractivity contribution in [3.63, 3.8) is 0 Å². The van der Waals surface area contributed by atoms with Gasteiger partial charge in [0.25, 0.3) is 5.91 Å². The molecule has 3 rings (SSSR count). The third-order valence-electron chi connectivity index (χ3n) is 4.26. The van der Waals surface area contributed by atoms with Gasteiger partial charge in [0.2, 0.25) is 11.1 Å². The Morgan fingerprint density at radius 2 is 1.96 bits per heavy atom. The van der Waals surface area contributed by atoms with E-state index in [0.717, 1.165) is 43.7 Å². The third kappa shape index (κ3) is 4.85. The van der Waals surface area contributed by atoms with Crippen LogP contribution in [0.15, 0.2) is 29.4 Å². The van der Waals surface area contributed by atoms with E-state index in [1.165, 1.54) is 11.8 Å². The summed E-state index contributed by atoms with van der Waals surface area (Å²) in [7, 11) is 0. The number of likely N-dealkylation sites (tertiary alicyclic amines) is 1. The van der Waals surface area contributed by atoms with Crippen molar-refractivity contribution < 1.29 is 9.59 Å². The van der Waals surface area contributed by atoms with Crippen molar-refractivity contribution in [3.05, 3.63) is 41.2 Å². The lowest BCUT2D eigenvalue weighted by Crippen LogP contribution is -2.27. The number of amides is 2. The summed E-state index contributed by atoms with van der Waals surface area (Å²) in [6.07, 6.45) is 2.96. The van der Waals surface area contributed by atoms with Crippen molar-refractivity contribution in [1.29, 1.82) is 0 Å². The van der Waals surface area contributed by atoms with Gasteiger partial charge in [0.15, 0.2) is 0 Å². The Morgan fingerprint density at radius 3 is 2.62 bits per heavy atom. The smallest absolute Gasteiger partial charge is 0.253 e. The average molecular weight is 373 g/mol. The van der Waals surface area contributed by atoms with E-state index in [1.54, 1.807) is 0 Å². The molecule has 0 bridgehead atoms. The molecule has 0 spiro atoms. The number of aromatic amines is 1. The van der Waals surface area contributed by atoms with E-state index in [1.807, 2.05) is 36.1 Å². The van der Waals surface area contributed by atoms with E-state index < -0.39 is 0 Å². The fraction of sp³-hybridized carbons (Fsp3) is 0.444. The molecule has 1 fully saturated rings. The van der Waals surface area contributed by atoms with Gasteiger partial charge in [0.1, 0.15) is 5.82 Å². The molecule has 1 aliphatic rings. The summed E-state index contributed by atoms with van der Waals surface area (Å²) >= 11 is 1.30. The summed E-state index contributed by atoms with van der Waals surface area (Å²) in [6, 6.07) is 7.44. The van der Waals surface area contributed by atoms with E-state index in [4.69, 9.17) is 0 Å². The molecule has 2 aromatic rings. The quantitative estimate of drug-likeness (QED) is 0.725. The number of carbonyl (C=O) groups is 2. The summed E-state index contributed by atoms with van der Waals surface area (Å²) in [5, 5.41) is 10.3. The minimum atomic E-state index is -0.0740. The number of thioether (sulfide) groups is 1.